The van der Waals surface area contributed by atoms with E-state index < -0.39 is 0 Å². The minimum Gasteiger partial charge on any atom is -0.341 e. The number of piperidine rings is 1. The van der Waals surface area contributed by atoms with Gasteiger partial charge < -0.3 is 14.7 Å². The average molecular weight is 333 g/mol. The predicted octanol–water partition coefficient (Wildman–Crippen LogP) is 0.436. The molecule has 0 N–H and O–H groups in total. The van der Waals surface area contributed by atoms with E-state index in [-0.39, 0.29) is 17.2 Å². The first kappa shape index (κ1) is 17.0. The Morgan fingerprint density at radius 2 is 2.12 bits per heavy atom. The van der Waals surface area contributed by atoms with Gasteiger partial charge in [0.05, 0.1) is 5.41 Å². The van der Waals surface area contributed by atoms with Gasteiger partial charge in [-0.2, -0.15) is 5.10 Å². The van der Waals surface area contributed by atoms with Crippen LogP contribution in [0.2, 0.25) is 0 Å². The van der Waals surface area contributed by atoms with Gasteiger partial charge in [0.2, 0.25) is 5.91 Å². The fraction of sp³-hybridized carbons (Fsp3) is 0.706. The Labute approximate surface area is 143 Å². The van der Waals surface area contributed by atoms with Crippen LogP contribution in [0.3, 0.4) is 0 Å². The number of aromatic nitrogens is 2. The molecular weight excluding hydrogens is 306 g/mol. The number of rotatable bonds is 4. The average Bonchev–Trinajstić information content (AvgIpc) is 3.10. The molecule has 7 nitrogen and oxygen atoms in total. The first-order chi connectivity index (χ1) is 11.4. The zero-order valence-electron chi connectivity index (χ0n) is 14.9. The number of amides is 2. The second-order valence-electron chi connectivity index (χ2n) is 7.30. The molecular formula is C17H27N5O2. The monoisotopic (exact) mass is 333 g/mol. The third-order valence-electron chi connectivity index (χ3n) is 5.32. The quantitative estimate of drug-likeness (QED) is 0.802. The summed E-state index contributed by atoms with van der Waals surface area (Å²) in [6.07, 6.45) is 4.27. The molecule has 1 atom stereocenters. The molecule has 0 saturated carbocycles. The summed E-state index contributed by atoms with van der Waals surface area (Å²) in [5.74, 6) is 0.209. The molecule has 1 aromatic rings. The van der Waals surface area contributed by atoms with Crippen LogP contribution in [-0.4, -0.2) is 83.1 Å². The van der Waals surface area contributed by atoms with Gasteiger partial charge in [0.15, 0.2) is 0 Å². The van der Waals surface area contributed by atoms with Gasteiger partial charge in [0.1, 0.15) is 5.69 Å². The van der Waals surface area contributed by atoms with Crippen LogP contribution in [0.4, 0.5) is 0 Å². The molecule has 7 heteroatoms. The Bertz CT molecular complexity index is 626. The zero-order chi connectivity index (χ0) is 17.3. The van der Waals surface area contributed by atoms with Gasteiger partial charge in [0.25, 0.3) is 5.91 Å². The molecule has 2 amide bonds. The summed E-state index contributed by atoms with van der Waals surface area (Å²) in [7, 11) is 5.81. The second-order valence-corrected chi connectivity index (χ2v) is 7.30. The molecule has 1 aromatic heterocycles. The molecule has 2 saturated heterocycles. The van der Waals surface area contributed by atoms with Crippen molar-refractivity contribution >= 4 is 11.8 Å². The van der Waals surface area contributed by atoms with Gasteiger partial charge in [-0.05, 0) is 39.4 Å². The van der Waals surface area contributed by atoms with Crippen LogP contribution in [0.25, 0.3) is 0 Å². The normalized spacial score (nSPS) is 24.4. The first-order valence-corrected chi connectivity index (χ1v) is 8.64. The Morgan fingerprint density at radius 3 is 2.79 bits per heavy atom. The van der Waals surface area contributed by atoms with E-state index in [1.807, 2.05) is 23.9 Å². The molecule has 0 aliphatic carbocycles. The summed E-state index contributed by atoms with van der Waals surface area (Å²) < 4.78 is 1.60. The van der Waals surface area contributed by atoms with Crippen molar-refractivity contribution in [1.29, 1.82) is 0 Å². The van der Waals surface area contributed by atoms with Crippen LogP contribution in [-0.2, 0) is 11.8 Å². The SMILES string of the molecule is CN(C)CCN1CCC2(CCCN(C(=O)c3ccnn3C)C2)C1=O. The summed E-state index contributed by atoms with van der Waals surface area (Å²) in [6.45, 7) is 3.70. The fourth-order valence-electron chi connectivity index (χ4n) is 3.86. The van der Waals surface area contributed by atoms with Gasteiger partial charge in [0, 0.05) is 46.0 Å². The van der Waals surface area contributed by atoms with E-state index in [1.54, 1.807) is 24.0 Å². The van der Waals surface area contributed by atoms with E-state index in [0.717, 1.165) is 45.4 Å². The second kappa shape index (κ2) is 6.55. The number of aryl methyl sites for hydroxylation is 1. The highest BCUT2D eigenvalue weighted by molar-refractivity contribution is 5.93. The smallest absolute Gasteiger partial charge is 0.272 e. The zero-order valence-corrected chi connectivity index (χ0v) is 14.9. The van der Waals surface area contributed by atoms with Crippen molar-refractivity contribution < 1.29 is 9.59 Å². The lowest BCUT2D eigenvalue weighted by Crippen LogP contribution is -2.50. The minimum absolute atomic E-state index is 0.0198. The van der Waals surface area contributed by atoms with Crippen LogP contribution in [0.1, 0.15) is 29.8 Å². The molecule has 1 unspecified atom stereocenters. The van der Waals surface area contributed by atoms with E-state index in [9.17, 15) is 9.59 Å². The molecule has 2 fully saturated rings. The maximum absolute atomic E-state index is 13.0. The van der Waals surface area contributed by atoms with Crippen molar-refractivity contribution in [2.75, 3.05) is 46.8 Å². The lowest BCUT2D eigenvalue weighted by Gasteiger charge is -2.39. The van der Waals surface area contributed by atoms with E-state index in [1.165, 1.54) is 0 Å². The van der Waals surface area contributed by atoms with Crippen molar-refractivity contribution in [3.8, 4) is 0 Å². The summed E-state index contributed by atoms with van der Waals surface area (Å²) >= 11 is 0. The van der Waals surface area contributed by atoms with Gasteiger partial charge >= 0.3 is 0 Å². The number of carbonyl (C=O) groups is 2. The number of nitrogens with zero attached hydrogens (tertiary/aromatic N) is 5. The van der Waals surface area contributed by atoms with Gasteiger partial charge in [-0.1, -0.05) is 0 Å². The van der Waals surface area contributed by atoms with Crippen molar-refractivity contribution in [1.82, 2.24) is 24.5 Å². The molecule has 0 bridgehead atoms. The number of hydrogen-bond donors (Lipinski definition) is 0. The van der Waals surface area contributed by atoms with Gasteiger partial charge in [-0.3, -0.25) is 14.3 Å². The first-order valence-electron chi connectivity index (χ1n) is 8.64. The maximum Gasteiger partial charge on any atom is 0.272 e. The highest BCUT2D eigenvalue weighted by Gasteiger charge is 2.49. The van der Waals surface area contributed by atoms with Crippen LogP contribution in [0.15, 0.2) is 12.3 Å². The van der Waals surface area contributed by atoms with Crippen molar-refractivity contribution in [3.05, 3.63) is 18.0 Å². The Kier molecular flexibility index (Phi) is 4.62. The lowest BCUT2D eigenvalue weighted by molar-refractivity contribution is -0.138. The lowest BCUT2D eigenvalue weighted by atomic mass is 9.78. The molecule has 24 heavy (non-hydrogen) atoms. The van der Waals surface area contributed by atoms with Crippen molar-refractivity contribution in [3.63, 3.8) is 0 Å². The van der Waals surface area contributed by atoms with Crippen LogP contribution >= 0.6 is 0 Å². The predicted molar refractivity (Wildman–Crippen MR) is 90.5 cm³/mol. The third-order valence-corrected chi connectivity index (χ3v) is 5.32. The van der Waals surface area contributed by atoms with E-state index in [0.29, 0.717) is 12.2 Å². The fourth-order valence-corrected chi connectivity index (χ4v) is 3.86. The number of carbonyl (C=O) groups excluding carboxylic acids is 2. The summed E-state index contributed by atoms with van der Waals surface area (Å²) in [5, 5.41) is 4.08. The van der Waals surface area contributed by atoms with Crippen LogP contribution in [0, 0.1) is 5.41 Å². The molecule has 0 aromatic carbocycles. The highest BCUT2D eigenvalue weighted by Crippen LogP contribution is 2.40. The molecule has 1 spiro atoms. The van der Waals surface area contributed by atoms with Gasteiger partial charge in [-0.15, -0.1) is 0 Å². The summed E-state index contributed by atoms with van der Waals surface area (Å²) in [5.41, 5.74) is 0.209. The highest BCUT2D eigenvalue weighted by atomic mass is 16.2. The summed E-state index contributed by atoms with van der Waals surface area (Å²) in [6, 6.07) is 1.74. The third kappa shape index (κ3) is 3.05. The molecule has 2 aliphatic rings. The van der Waals surface area contributed by atoms with E-state index in [4.69, 9.17) is 0 Å². The minimum atomic E-state index is -0.376. The Balaban J connectivity index is 1.70. The molecule has 2 aliphatic heterocycles. The topological polar surface area (TPSA) is 61.7 Å². The van der Waals surface area contributed by atoms with E-state index in [2.05, 4.69) is 10.00 Å². The Hall–Kier alpha value is -1.89. The molecule has 3 rings (SSSR count). The standard InChI is InChI=1S/C17H27N5O2/c1-19(2)11-12-21-10-7-17(16(21)24)6-4-9-22(13-17)15(23)14-5-8-18-20(14)3/h5,8H,4,6-7,9-13H2,1-3H3. The van der Waals surface area contributed by atoms with Crippen LogP contribution in [0.5, 0.6) is 0 Å². The van der Waals surface area contributed by atoms with Crippen LogP contribution < -0.4 is 0 Å². The number of likely N-dealkylation sites (tertiary alicyclic amines) is 2. The number of hydrogen-bond acceptors (Lipinski definition) is 4. The van der Waals surface area contributed by atoms with Crippen molar-refractivity contribution in [2.45, 2.75) is 19.3 Å². The molecule has 0 radical (unpaired) electrons. The molecule has 3 heterocycles. The largest absolute Gasteiger partial charge is 0.341 e. The maximum atomic E-state index is 13.0. The Morgan fingerprint density at radius 1 is 1.33 bits per heavy atom. The summed E-state index contributed by atoms with van der Waals surface area (Å²) in [4.78, 5) is 31.6. The number of likely N-dealkylation sites (N-methyl/N-ethyl adjacent to an activating group) is 1. The van der Waals surface area contributed by atoms with Crippen molar-refractivity contribution in [2.24, 2.45) is 12.5 Å². The molecule has 132 valence electrons. The van der Waals surface area contributed by atoms with Gasteiger partial charge in [-0.25, -0.2) is 0 Å². The van der Waals surface area contributed by atoms with E-state index >= 15 is 0 Å².